The molecule has 0 amide bonds. The molecule has 0 radical (unpaired) electrons. The molecule has 0 aromatic carbocycles. The third-order valence-corrected chi connectivity index (χ3v) is 11.1. The van der Waals surface area contributed by atoms with Crippen molar-refractivity contribution in [1.82, 2.24) is 0 Å². The number of phosphoric acid groups is 1. The van der Waals surface area contributed by atoms with Crippen molar-refractivity contribution in [2.45, 2.75) is 225 Å². The van der Waals surface area contributed by atoms with Crippen LogP contribution in [0.4, 0.5) is 0 Å². The highest BCUT2D eigenvalue weighted by atomic mass is 31.2. The summed E-state index contributed by atoms with van der Waals surface area (Å²) in [6, 6.07) is 0. The summed E-state index contributed by atoms with van der Waals surface area (Å²) in [5, 5.41) is 0. The normalized spacial score (nSPS) is 13.5. The Bertz CT molecular complexity index is 896. The van der Waals surface area contributed by atoms with E-state index < -0.39 is 26.5 Å². The number of hydrogen-bond acceptors (Lipinski definition) is 8. The van der Waals surface area contributed by atoms with Gasteiger partial charge in [-0.2, -0.15) is 0 Å². The zero-order valence-corrected chi connectivity index (χ0v) is 37.1. The van der Waals surface area contributed by atoms with Crippen LogP contribution in [0.3, 0.4) is 0 Å². The molecule has 0 heterocycles. The molecular formula is C44H88NO8P. The maximum Gasteiger partial charge on any atom is 0.306 e. The Morgan fingerprint density at radius 2 is 0.833 bits per heavy atom. The lowest BCUT2D eigenvalue weighted by Gasteiger charge is -2.28. The maximum absolute atomic E-state index is 12.7. The lowest BCUT2D eigenvalue weighted by Crippen LogP contribution is -2.37. The molecule has 0 saturated carbocycles. The molecule has 0 aliphatic heterocycles. The van der Waals surface area contributed by atoms with Crippen molar-refractivity contribution in [2.75, 3.05) is 47.5 Å². The summed E-state index contributed by atoms with van der Waals surface area (Å²) in [5.74, 6) is -0.819. The van der Waals surface area contributed by atoms with Crippen LogP contribution in [0, 0.1) is 0 Å². The molecule has 322 valence electrons. The molecule has 54 heavy (non-hydrogen) atoms. The van der Waals surface area contributed by atoms with Crippen LogP contribution in [0.25, 0.3) is 0 Å². The zero-order valence-electron chi connectivity index (χ0n) is 36.2. The van der Waals surface area contributed by atoms with Crippen LogP contribution in [0.2, 0.25) is 0 Å². The third-order valence-electron chi connectivity index (χ3n) is 10.1. The topological polar surface area (TPSA) is 111 Å². The number of quaternary nitrogens is 1. The first-order chi connectivity index (χ1) is 26.0. The van der Waals surface area contributed by atoms with Gasteiger partial charge in [0.2, 0.25) is 0 Å². The monoisotopic (exact) mass is 790 g/mol. The number of esters is 2. The molecule has 0 rings (SSSR count). The summed E-state index contributed by atoms with van der Waals surface area (Å²) in [6.07, 6.45) is 36.9. The largest absolute Gasteiger partial charge is 0.756 e. The summed E-state index contributed by atoms with van der Waals surface area (Å²) in [6.45, 7) is 4.27. The summed E-state index contributed by atoms with van der Waals surface area (Å²) < 4.78 is 33.9. The van der Waals surface area contributed by atoms with E-state index in [1.54, 1.807) is 0 Å². The van der Waals surface area contributed by atoms with Crippen molar-refractivity contribution in [2.24, 2.45) is 0 Å². The first-order valence-corrected chi connectivity index (χ1v) is 24.2. The van der Waals surface area contributed by atoms with Gasteiger partial charge in [-0.25, -0.2) is 0 Å². The first-order valence-electron chi connectivity index (χ1n) is 22.7. The number of phosphoric ester groups is 1. The van der Waals surface area contributed by atoms with Gasteiger partial charge in [0.15, 0.2) is 6.10 Å². The summed E-state index contributed by atoms with van der Waals surface area (Å²) in [5.41, 5.74) is 0. The smallest absolute Gasteiger partial charge is 0.306 e. The first kappa shape index (κ1) is 53.0. The quantitative estimate of drug-likeness (QED) is 0.0260. The fourth-order valence-corrected chi connectivity index (χ4v) is 7.27. The van der Waals surface area contributed by atoms with E-state index in [9.17, 15) is 19.0 Å². The van der Waals surface area contributed by atoms with E-state index in [1.807, 2.05) is 21.1 Å². The minimum absolute atomic E-state index is 0.0256. The second-order valence-corrected chi connectivity index (χ2v) is 18.2. The van der Waals surface area contributed by atoms with Gasteiger partial charge in [0.25, 0.3) is 7.82 Å². The Morgan fingerprint density at radius 1 is 0.500 bits per heavy atom. The van der Waals surface area contributed by atoms with Gasteiger partial charge in [0.1, 0.15) is 19.8 Å². The van der Waals surface area contributed by atoms with Crippen LogP contribution in [-0.2, 0) is 32.7 Å². The SMILES string of the molecule is CCCCCCCCCCCCCCCCCCC(=O)O[C@H](COC(=O)CCCCCCCCCCCCCCCC)COP(=O)([O-])OCC[N+](C)(C)C. The second kappa shape index (κ2) is 37.6. The van der Waals surface area contributed by atoms with Gasteiger partial charge in [0.05, 0.1) is 27.7 Å². The molecule has 0 fully saturated rings. The molecule has 10 heteroatoms. The van der Waals surface area contributed by atoms with Crippen molar-refractivity contribution in [3.63, 3.8) is 0 Å². The van der Waals surface area contributed by atoms with Crippen molar-refractivity contribution >= 4 is 19.8 Å². The molecule has 0 aliphatic carbocycles. The predicted octanol–water partition coefficient (Wildman–Crippen LogP) is 12.2. The van der Waals surface area contributed by atoms with E-state index in [4.69, 9.17) is 18.5 Å². The third kappa shape index (κ3) is 40.7. The Kier molecular flexibility index (Phi) is 36.9. The summed E-state index contributed by atoms with van der Waals surface area (Å²) >= 11 is 0. The number of nitrogens with zero attached hydrogens (tertiary/aromatic N) is 1. The van der Waals surface area contributed by atoms with Gasteiger partial charge < -0.3 is 27.9 Å². The molecule has 0 bridgehead atoms. The van der Waals surface area contributed by atoms with E-state index in [1.165, 1.54) is 154 Å². The molecule has 0 saturated heterocycles. The number of rotatable bonds is 42. The molecular weight excluding hydrogens is 701 g/mol. The van der Waals surface area contributed by atoms with Gasteiger partial charge in [-0.1, -0.05) is 194 Å². The summed E-state index contributed by atoms with van der Waals surface area (Å²) in [7, 11) is 1.18. The van der Waals surface area contributed by atoms with Crippen LogP contribution >= 0.6 is 7.82 Å². The van der Waals surface area contributed by atoms with Crippen LogP contribution < -0.4 is 4.89 Å². The van der Waals surface area contributed by atoms with E-state index in [-0.39, 0.29) is 32.0 Å². The fraction of sp³-hybridized carbons (Fsp3) is 0.955. The van der Waals surface area contributed by atoms with Crippen molar-refractivity contribution in [3.05, 3.63) is 0 Å². The van der Waals surface area contributed by atoms with Crippen molar-refractivity contribution < 1.29 is 42.1 Å². The average Bonchev–Trinajstić information content (AvgIpc) is 3.12. The molecule has 0 spiro atoms. The standard InChI is InChI=1S/C44H88NO8P/c1-6-8-10-12-14-16-18-20-22-23-25-27-29-31-33-35-37-44(47)53-42(41-52-54(48,49)51-39-38-45(3,4)5)40-50-43(46)36-34-32-30-28-26-24-21-19-17-15-13-11-9-7-2/h42H,6-41H2,1-5H3/t42-/m1/s1. The van der Waals surface area contributed by atoms with Crippen molar-refractivity contribution in [1.29, 1.82) is 0 Å². The molecule has 0 aromatic heterocycles. The Hall–Kier alpha value is -0.990. The molecule has 1 unspecified atom stereocenters. The van der Waals surface area contributed by atoms with Gasteiger partial charge in [-0.3, -0.25) is 14.2 Å². The van der Waals surface area contributed by atoms with Gasteiger partial charge >= 0.3 is 11.9 Å². The zero-order chi connectivity index (χ0) is 40.0. The lowest BCUT2D eigenvalue weighted by atomic mass is 10.0. The Labute approximate surface area is 334 Å². The predicted molar refractivity (Wildman–Crippen MR) is 222 cm³/mol. The molecule has 0 N–H and O–H groups in total. The number of carbonyl (C=O) groups excluding carboxylic acids is 2. The number of likely N-dealkylation sites (N-methyl/N-ethyl adjacent to an activating group) is 1. The molecule has 0 aliphatic rings. The number of ether oxygens (including phenoxy) is 2. The Balaban J connectivity index is 4.29. The van der Waals surface area contributed by atoms with Crippen LogP contribution in [0.15, 0.2) is 0 Å². The van der Waals surface area contributed by atoms with E-state index >= 15 is 0 Å². The molecule has 2 atom stereocenters. The highest BCUT2D eigenvalue weighted by Gasteiger charge is 2.21. The van der Waals surface area contributed by atoms with Gasteiger partial charge in [0, 0.05) is 12.8 Å². The molecule has 9 nitrogen and oxygen atoms in total. The van der Waals surface area contributed by atoms with E-state index in [2.05, 4.69) is 13.8 Å². The van der Waals surface area contributed by atoms with Crippen molar-refractivity contribution in [3.8, 4) is 0 Å². The molecule has 0 aromatic rings. The minimum Gasteiger partial charge on any atom is -0.756 e. The van der Waals surface area contributed by atoms with E-state index in [0.29, 0.717) is 17.4 Å². The fourth-order valence-electron chi connectivity index (χ4n) is 6.54. The Morgan fingerprint density at radius 3 is 1.19 bits per heavy atom. The van der Waals surface area contributed by atoms with Gasteiger partial charge in [-0.15, -0.1) is 0 Å². The van der Waals surface area contributed by atoms with Crippen LogP contribution in [0.1, 0.15) is 219 Å². The number of carbonyl (C=O) groups is 2. The van der Waals surface area contributed by atoms with E-state index in [0.717, 1.165) is 32.1 Å². The lowest BCUT2D eigenvalue weighted by molar-refractivity contribution is -0.870. The van der Waals surface area contributed by atoms with Gasteiger partial charge in [-0.05, 0) is 12.8 Å². The summed E-state index contributed by atoms with van der Waals surface area (Å²) in [4.78, 5) is 37.5. The van der Waals surface area contributed by atoms with Crippen LogP contribution in [-0.4, -0.2) is 70.0 Å². The number of hydrogen-bond donors (Lipinski definition) is 0. The minimum atomic E-state index is -4.62. The highest BCUT2D eigenvalue weighted by molar-refractivity contribution is 7.45. The highest BCUT2D eigenvalue weighted by Crippen LogP contribution is 2.38. The van der Waals surface area contributed by atoms with Crippen LogP contribution in [0.5, 0.6) is 0 Å². The number of unbranched alkanes of at least 4 members (excludes halogenated alkanes) is 28. The second-order valence-electron chi connectivity index (χ2n) is 16.8. The average molecular weight is 790 g/mol. The maximum atomic E-state index is 12.7.